The number of rotatable bonds is 5. The van der Waals surface area contributed by atoms with Crippen molar-refractivity contribution in [2.24, 2.45) is 0 Å². The SMILES string of the molecule is CC(=O)Nc1cccc(Nc2cc(Nc3ccccc3C(C)(C)C)ncn2)c1. The number of hydrogen-bond acceptors (Lipinski definition) is 5. The van der Waals surface area contributed by atoms with Crippen LogP contribution >= 0.6 is 0 Å². The first kappa shape index (κ1) is 19.4. The van der Waals surface area contributed by atoms with E-state index in [-0.39, 0.29) is 11.3 Å². The first-order valence-electron chi connectivity index (χ1n) is 9.14. The number of anilines is 5. The molecular formula is C22H25N5O. The van der Waals surface area contributed by atoms with Gasteiger partial charge in [0.1, 0.15) is 18.0 Å². The molecule has 0 saturated heterocycles. The molecule has 0 aliphatic carbocycles. The summed E-state index contributed by atoms with van der Waals surface area (Å²) in [4.78, 5) is 19.9. The smallest absolute Gasteiger partial charge is 0.221 e. The fourth-order valence-electron chi connectivity index (χ4n) is 2.90. The zero-order valence-electron chi connectivity index (χ0n) is 16.6. The van der Waals surface area contributed by atoms with Crippen molar-refractivity contribution in [1.82, 2.24) is 9.97 Å². The molecule has 0 radical (unpaired) electrons. The number of amides is 1. The van der Waals surface area contributed by atoms with Crippen LogP contribution in [0.1, 0.15) is 33.3 Å². The maximum atomic E-state index is 11.2. The minimum absolute atomic E-state index is 0.0157. The van der Waals surface area contributed by atoms with Crippen molar-refractivity contribution in [2.75, 3.05) is 16.0 Å². The molecule has 0 spiro atoms. The summed E-state index contributed by atoms with van der Waals surface area (Å²) in [6, 6.07) is 17.5. The van der Waals surface area contributed by atoms with Crippen LogP contribution in [0.4, 0.5) is 28.7 Å². The summed E-state index contributed by atoms with van der Waals surface area (Å²) in [6.07, 6.45) is 1.52. The highest BCUT2D eigenvalue weighted by atomic mass is 16.1. The van der Waals surface area contributed by atoms with Crippen LogP contribution < -0.4 is 16.0 Å². The second-order valence-corrected chi connectivity index (χ2v) is 7.60. The van der Waals surface area contributed by atoms with Crippen molar-refractivity contribution in [3.63, 3.8) is 0 Å². The normalized spacial score (nSPS) is 11.0. The Bertz CT molecular complexity index is 978. The number of nitrogens with zero attached hydrogens (tertiary/aromatic N) is 2. The maximum absolute atomic E-state index is 11.2. The molecule has 2 aromatic carbocycles. The van der Waals surface area contributed by atoms with Crippen molar-refractivity contribution in [2.45, 2.75) is 33.1 Å². The zero-order valence-corrected chi connectivity index (χ0v) is 16.6. The topological polar surface area (TPSA) is 78.9 Å². The predicted molar refractivity (Wildman–Crippen MR) is 114 cm³/mol. The molecule has 3 N–H and O–H groups in total. The van der Waals surface area contributed by atoms with Gasteiger partial charge in [0.15, 0.2) is 0 Å². The molecule has 1 amide bonds. The highest BCUT2D eigenvalue weighted by Gasteiger charge is 2.17. The predicted octanol–water partition coefficient (Wildman–Crippen LogP) is 5.22. The van der Waals surface area contributed by atoms with Gasteiger partial charge in [-0.2, -0.15) is 0 Å². The Labute approximate surface area is 165 Å². The van der Waals surface area contributed by atoms with Gasteiger partial charge < -0.3 is 16.0 Å². The lowest BCUT2D eigenvalue weighted by atomic mass is 9.86. The van der Waals surface area contributed by atoms with E-state index in [9.17, 15) is 4.79 Å². The molecule has 3 aromatic rings. The van der Waals surface area contributed by atoms with Gasteiger partial charge in [0.2, 0.25) is 5.91 Å². The van der Waals surface area contributed by atoms with Gasteiger partial charge >= 0.3 is 0 Å². The molecule has 0 aliphatic heterocycles. The average molecular weight is 375 g/mol. The van der Waals surface area contributed by atoms with E-state index in [2.05, 4.69) is 52.8 Å². The lowest BCUT2D eigenvalue weighted by molar-refractivity contribution is -0.114. The Hall–Kier alpha value is -3.41. The summed E-state index contributed by atoms with van der Waals surface area (Å²) in [5.41, 5.74) is 3.80. The quantitative estimate of drug-likeness (QED) is 0.570. The van der Waals surface area contributed by atoms with Gasteiger partial charge in [0.25, 0.3) is 0 Å². The van der Waals surface area contributed by atoms with E-state index < -0.39 is 0 Å². The van der Waals surface area contributed by atoms with Crippen LogP contribution in [0.2, 0.25) is 0 Å². The number of para-hydroxylation sites is 1. The monoisotopic (exact) mass is 375 g/mol. The van der Waals surface area contributed by atoms with E-state index in [4.69, 9.17) is 0 Å². The van der Waals surface area contributed by atoms with Gasteiger partial charge in [0.05, 0.1) is 0 Å². The number of hydrogen-bond donors (Lipinski definition) is 3. The number of carbonyl (C=O) groups is 1. The minimum atomic E-state index is -0.108. The molecule has 0 unspecified atom stereocenters. The van der Waals surface area contributed by atoms with E-state index in [0.29, 0.717) is 11.6 Å². The van der Waals surface area contributed by atoms with Crippen LogP contribution in [0.5, 0.6) is 0 Å². The van der Waals surface area contributed by atoms with Crippen molar-refractivity contribution < 1.29 is 4.79 Å². The van der Waals surface area contributed by atoms with Crippen molar-refractivity contribution in [1.29, 1.82) is 0 Å². The number of nitrogens with one attached hydrogen (secondary N) is 3. The molecule has 6 heteroatoms. The van der Waals surface area contributed by atoms with E-state index in [0.717, 1.165) is 17.1 Å². The number of carbonyl (C=O) groups excluding carboxylic acids is 1. The third kappa shape index (κ3) is 5.07. The van der Waals surface area contributed by atoms with Crippen molar-refractivity contribution >= 4 is 34.6 Å². The second kappa shape index (κ2) is 8.08. The first-order chi connectivity index (χ1) is 13.3. The van der Waals surface area contributed by atoms with Crippen LogP contribution in [0.3, 0.4) is 0 Å². The molecule has 0 fully saturated rings. The van der Waals surface area contributed by atoms with Gasteiger partial charge in [-0.25, -0.2) is 9.97 Å². The van der Waals surface area contributed by atoms with Gasteiger partial charge in [0, 0.05) is 30.1 Å². The Morgan fingerprint density at radius 2 is 1.54 bits per heavy atom. The van der Waals surface area contributed by atoms with Crippen LogP contribution in [0.25, 0.3) is 0 Å². The average Bonchev–Trinajstić information content (AvgIpc) is 2.61. The third-order valence-electron chi connectivity index (χ3n) is 4.12. The molecule has 3 rings (SSSR count). The minimum Gasteiger partial charge on any atom is -0.340 e. The molecule has 0 aliphatic rings. The molecule has 28 heavy (non-hydrogen) atoms. The van der Waals surface area contributed by atoms with Gasteiger partial charge in [-0.05, 0) is 35.2 Å². The highest BCUT2D eigenvalue weighted by Crippen LogP contribution is 2.31. The first-order valence-corrected chi connectivity index (χ1v) is 9.14. The second-order valence-electron chi connectivity index (χ2n) is 7.60. The van der Waals surface area contributed by atoms with Crippen LogP contribution in [0, 0.1) is 0 Å². The van der Waals surface area contributed by atoms with Crippen molar-refractivity contribution in [3.05, 3.63) is 66.5 Å². The fourth-order valence-corrected chi connectivity index (χ4v) is 2.90. The maximum Gasteiger partial charge on any atom is 0.221 e. The summed E-state index contributed by atoms with van der Waals surface area (Å²) in [6.45, 7) is 8.03. The van der Waals surface area contributed by atoms with Gasteiger partial charge in [-0.15, -0.1) is 0 Å². The van der Waals surface area contributed by atoms with Crippen molar-refractivity contribution in [3.8, 4) is 0 Å². The Balaban J connectivity index is 1.80. The van der Waals surface area contributed by atoms with Gasteiger partial charge in [-0.1, -0.05) is 45.0 Å². The van der Waals surface area contributed by atoms with E-state index >= 15 is 0 Å². The van der Waals surface area contributed by atoms with E-state index in [1.165, 1.54) is 18.8 Å². The molecule has 6 nitrogen and oxygen atoms in total. The molecule has 1 aromatic heterocycles. The van der Waals surface area contributed by atoms with Gasteiger partial charge in [-0.3, -0.25) is 4.79 Å². The molecule has 1 heterocycles. The highest BCUT2D eigenvalue weighted by molar-refractivity contribution is 5.89. The molecule has 0 saturated carbocycles. The standard InChI is InChI=1S/C22H25N5O/c1-15(28)25-16-8-7-9-17(12-16)26-20-13-21(24-14-23-20)27-19-11-6-5-10-18(19)22(2,3)4/h5-14H,1-4H3,(H,25,28)(H2,23,24,26,27). The Kier molecular flexibility index (Phi) is 5.59. The third-order valence-corrected chi connectivity index (χ3v) is 4.12. The Morgan fingerprint density at radius 3 is 2.25 bits per heavy atom. The molecular weight excluding hydrogens is 350 g/mol. The number of aromatic nitrogens is 2. The molecule has 144 valence electrons. The molecule has 0 atom stereocenters. The summed E-state index contributed by atoms with van der Waals surface area (Å²) in [5.74, 6) is 1.25. The summed E-state index contributed by atoms with van der Waals surface area (Å²) in [7, 11) is 0. The van der Waals surface area contributed by atoms with E-state index in [1.54, 1.807) is 0 Å². The largest absolute Gasteiger partial charge is 0.340 e. The fraction of sp³-hybridized carbons (Fsp3) is 0.227. The summed E-state index contributed by atoms with van der Waals surface area (Å²) < 4.78 is 0. The van der Waals surface area contributed by atoms with E-state index in [1.807, 2.05) is 48.5 Å². The van der Waals surface area contributed by atoms with Crippen LogP contribution in [0.15, 0.2) is 60.9 Å². The Morgan fingerprint density at radius 1 is 0.857 bits per heavy atom. The lowest BCUT2D eigenvalue weighted by Gasteiger charge is -2.23. The zero-order chi connectivity index (χ0) is 20.1. The summed E-state index contributed by atoms with van der Waals surface area (Å²) >= 11 is 0. The molecule has 0 bridgehead atoms. The van der Waals surface area contributed by atoms with Crippen LogP contribution in [-0.2, 0) is 10.2 Å². The lowest BCUT2D eigenvalue weighted by Crippen LogP contribution is -2.13. The number of benzene rings is 2. The van der Waals surface area contributed by atoms with Crippen LogP contribution in [-0.4, -0.2) is 15.9 Å². The summed E-state index contributed by atoms with van der Waals surface area (Å²) in [5, 5.41) is 9.41.